The topological polar surface area (TPSA) is 79.0 Å². The van der Waals surface area contributed by atoms with Crippen LogP contribution in [0.4, 0.5) is 11.4 Å². The number of ether oxygens (including phenoxy) is 1. The Labute approximate surface area is 211 Å². The Bertz CT molecular complexity index is 1280. The molecule has 0 unspecified atom stereocenters. The maximum Gasteiger partial charge on any atom is 0.264 e. The van der Waals surface area contributed by atoms with Gasteiger partial charge in [-0.1, -0.05) is 35.9 Å². The van der Waals surface area contributed by atoms with Crippen molar-refractivity contribution in [3.63, 3.8) is 0 Å². The van der Waals surface area contributed by atoms with Gasteiger partial charge in [-0.2, -0.15) is 0 Å². The quantitative estimate of drug-likeness (QED) is 0.481. The first-order valence-corrected chi connectivity index (χ1v) is 13.3. The smallest absolute Gasteiger partial charge is 0.264 e. The second-order valence-corrected chi connectivity index (χ2v) is 10.4. The fourth-order valence-electron chi connectivity index (χ4n) is 4.02. The van der Waals surface area contributed by atoms with E-state index in [2.05, 4.69) is 24.1 Å². The fourth-order valence-corrected chi connectivity index (χ4v) is 5.62. The maximum absolute atomic E-state index is 13.4. The van der Waals surface area contributed by atoms with Gasteiger partial charge in [0.1, 0.15) is 5.75 Å². The molecule has 0 radical (unpaired) electrons. The summed E-state index contributed by atoms with van der Waals surface area (Å²) in [5, 5.41) is 3.32. The van der Waals surface area contributed by atoms with Gasteiger partial charge in [0.15, 0.2) is 6.10 Å². The van der Waals surface area contributed by atoms with Crippen LogP contribution in [0, 0.1) is 0 Å². The Kier molecular flexibility index (Phi) is 7.52. The van der Waals surface area contributed by atoms with E-state index in [0.717, 1.165) is 24.3 Å². The highest BCUT2D eigenvalue weighted by molar-refractivity contribution is 7.92. The van der Waals surface area contributed by atoms with Crippen LogP contribution in [0.3, 0.4) is 0 Å². The molecule has 0 aliphatic carbocycles. The number of para-hydroxylation sites is 2. The lowest BCUT2D eigenvalue weighted by Crippen LogP contribution is -2.50. The van der Waals surface area contributed by atoms with Gasteiger partial charge >= 0.3 is 0 Å². The molecule has 35 heavy (non-hydrogen) atoms. The largest absolute Gasteiger partial charge is 0.476 e. The highest BCUT2D eigenvalue weighted by Gasteiger charge is 2.37. The first-order valence-electron chi connectivity index (χ1n) is 11.5. The van der Waals surface area contributed by atoms with Crippen LogP contribution in [0.1, 0.15) is 19.4 Å². The molecule has 1 amide bonds. The van der Waals surface area contributed by atoms with Crippen molar-refractivity contribution in [2.75, 3.05) is 28.8 Å². The Balaban J connectivity index is 1.51. The second kappa shape index (κ2) is 10.6. The minimum Gasteiger partial charge on any atom is -0.476 e. The Morgan fingerprint density at radius 1 is 1.03 bits per heavy atom. The van der Waals surface area contributed by atoms with E-state index in [4.69, 9.17) is 16.3 Å². The molecular weight excluding hydrogens is 486 g/mol. The van der Waals surface area contributed by atoms with Crippen molar-refractivity contribution >= 4 is 38.9 Å². The molecule has 1 heterocycles. The monoisotopic (exact) mass is 513 g/mol. The summed E-state index contributed by atoms with van der Waals surface area (Å²) in [5.74, 6) is -0.0522. The molecule has 0 spiro atoms. The van der Waals surface area contributed by atoms with E-state index in [1.54, 1.807) is 24.3 Å². The van der Waals surface area contributed by atoms with E-state index >= 15 is 0 Å². The zero-order valence-electron chi connectivity index (χ0n) is 19.6. The number of anilines is 2. The van der Waals surface area contributed by atoms with E-state index in [1.165, 1.54) is 28.6 Å². The molecule has 1 aliphatic rings. The number of halogens is 1. The molecule has 0 aromatic heterocycles. The van der Waals surface area contributed by atoms with Gasteiger partial charge in [-0.05, 0) is 67.9 Å². The fraction of sp³-hybridized carbons (Fsp3) is 0.269. The van der Waals surface area contributed by atoms with E-state index in [9.17, 15) is 13.2 Å². The third-order valence-electron chi connectivity index (χ3n) is 5.96. The van der Waals surface area contributed by atoms with Crippen LogP contribution in [-0.4, -0.2) is 40.1 Å². The Hall–Kier alpha value is -3.23. The predicted molar refractivity (Wildman–Crippen MR) is 139 cm³/mol. The number of sulfonamides is 1. The molecular formula is C26H28ClN3O4S. The molecule has 0 saturated heterocycles. The molecule has 1 atom stereocenters. The molecule has 0 saturated carbocycles. The molecule has 1 N–H and O–H groups in total. The third-order valence-corrected chi connectivity index (χ3v) is 8.01. The lowest BCUT2D eigenvalue weighted by atomic mass is 10.1. The number of carbonyl (C=O) groups excluding carboxylic acids is 1. The second-order valence-electron chi connectivity index (χ2n) is 8.12. The van der Waals surface area contributed by atoms with Crippen molar-refractivity contribution in [2.45, 2.75) is 31.4 Å². The van der Waals surface area contributed by atoms with Crippen LogP contribution in [-0.2, 0) is 21.4 Å². The Morgan fingerprint density at radius 2 is 1.69 bits per heavy atom. The number of nitrogens with one attached hydrogen (secondary N) is 1. The summed E-state index contributed by atoms with van der Waals surface area (Å²) >= 11 is 5.93. The van der Waals surface area contributed by atoms with Gasteiger partial charge in [0.25, 0.3) is 15.9 Å². The maximum atomic E-state index is 13.4. The summed E-state index contributed by atoms with van der Waals surface area (Å²) in [4.78, 5) is 15.3. The molecule has 3 aromatic carbocycles. The summed E-state index contributed by atoms with van der Waals surface area (Å²) in [5.41, 5.74) is 2.45. The van der Waals surface area contributed by atoms with Crippen molar-refractivity contribution in [1.82, 2.24) is 5.32 Å². The molecule has 9 heteroatoms. The summed E-state index contributed by atoms with van der Waals surface area (Å²) in [6.07, 6.45) is -0.998. The molecule has 184 valence electrons. The van der Waals surface area contributed by atoms with E-state index < -0.39 is 16.1 Å². The summed E-state index contributed by atoms with van der Waals surface area (Å²) in [6, 6.07) is 20.7. The lowest BCUT2D eigenvalue weighted by molar-refractivity contribution is -0.127. The first kappa shape index (κ1) is 24.9. The van der Waals surface area contributed by atoms with Gasteiger partial charge in [0.05, 0.1) is 17.1 Å². The molecule has 0 bridgehead atoms. The zero-order valence-corrected chi connectivity index (χ0v) is 21.2. The van der Waals surface area contributed by atoms with Crippen LogP contribution in [0.2, 0.25) is 5.02 Å². The van der Waals surface area contributed by atoms with Gasteiger partial charge in [-0.25, -0.2) is 8.42 Å². The van der Waals surface area contributed by atoms with E-state index in [-0.39, 0.29) is 17.3 Å². The van der Waals surface area contributed by atoms with Crippen LogP contribution in [0.25, 0.3) is 0 Å². The SMILES string of the molecule is CCN(CC)c1ccc(CNC(=O)[C@@H]2CN(S(=O)(=O)c3ccc(Cl)cc3)c3ccccc3O2)cc1. The number of carbonyl (C=O) groups is 1. The molecule has 1 aliphatic heterocycles. The predicted octanol–water partition coefficient (Wildman–Crippen LogP) is 4.46. The average Bonchev–Trinajstić information content (AvgIpc) is 2.88. The molecule has 3 aromatic rings. The van der Waals surface area contributed by atoms with Crippen LogP contribution in [0.5, 0.6) is 5.75 Å². The standard InChI is InChI=1S/C26H28ClN3O4S/c1-3-29(4-2)21-13-9-19(10-14-21)17-28-26(31)25-18-30(23-7-5-6-8-24(23)34-25)35(32,33)22-15-11-20(27)12-16-22/h5-16,25H,3-4,17-18H2,1-2H3,(H,28,31)/t25-/m0/s1. The van der Waals surface area contributed by atoms with E-state index in [0.29, 0.717) is 23.0 Å². The van der Waals surface area contributed by atoms with Gasteiger partial charge in [-0.3, -0.25) is 9.10 Å². The number of amides is 1. The number of benzene rings is 3. The van der Waals surface area contributed by atoms with Crippen molar-refractivity contribution in [2.24, 2.45) is 0 Å². The Morgan fingerprint density at radius 3 is 2.34 bits per heavy atom. The normalized spacial score (nSPS) is 15.2. The number of nitrogens with zero attached hydrogens (tertiary/aromatic N) is 2. The minimum atomic E-state index is -3.93. The van der Waals surface area contributed by atoms with Crippen molar-refractivity contribution in [3.8, 4) is 5.75 Å². The van der Waals surface area contributed by atoms with Crippen LogP contribution >= 0.6 is 11.6 Å². The number of hydrogen-bond donors (Lipinski definition) is 1. The van der Waals surface area contributed by atoms with Gasteiger partial charge < -0.3 is 15.0 Å². The molecule has 0 fully saturated rings. The zero-order chi connectivity index (χ0) is 25.0. The molecule has 4 rings (SSSR count). The average molecular weight is 514 g/mol. The van der Waals surface area contributed by atoms with Crippen molar-refractivity contribution < 1.29 is 17.9 Å². The third kappa shape index (κ3) is 5.39. The summed E-state index contributed by atoms with van der Waals surface area (Å²) < 4.78 is 34.0. The molecule has 7 nitrogen and oxygen atoms in total. The van der Waals surface area contributed by atoms with Crippen molar-refractivity contribution in [1.29, 1.82) is 0 Å². The highest BCUT2D eigenvalue weighted by atomic mass is 35.5. The summed E-state index contributed by atoms with van der Waals surface area (Å²) in [6.45, 7) is 6.22. The van der Waals surface area contributed by atoms with Crippen LogP contribution in [0.15, 0.2) is 77.7 Å². The van der Waals surface area contributed by atoms with Gasteiger partial charge in [0, 0.05) is 30.3 Å². The number of fused-ring (bicyclic) bond motifs is 1. The minimum absolute atomic E-state index is 0.0889. The number of rotatable bonds is 8. The number of hydrogen-bond acceptors (Lipinski definition) is 5. The van der Waals surface area contributed by atoms with Crippen molar-refractivity contribution in [3.05, 3.63) is 83.4 Å². The van der Waals surface area contributed by atoms with Crippen LogP contribution < -0.4 is 19.3 Å². The van der Waals surface area contributed by atoms with Gasteiger partial charge in [-0.15, -0.1) is 0 Å². The summed E-state index contributed by atoms with van der Waals surface area (Å²) in [7, 11) is -3.93. The highest BCUT2D eigenvalue weighted by Crippen LogP contribution is 2.37. The van der Waals surface area contributed by atoms with E-state index in [1.807, 2.05) is 24.3 Å². The first-order chi connectivity index (χ1) is 16.8. The lowest BCUT2D eigenvalue weighted by Gasteiger charge is -2.34. The van der Waals surface area contributed by atoms with Gasteiger partial charge in [0.2, 0.25) is 0 Å².